The topological polar surface area (TPSA) is 42.7 Å². The molecule has 1 N–H and O–H groups in total. The van der Waals surface area contributed by atoms with Crippen LogP contribution in [-0.2, 0) is 5.54 Å². The largest absolute Gasteiger partial charge is 0.341 e. The maximum atomic E-state index is 4.44. The van der Waals surface area contributed by atoms with Crippen LogP contribution in [-0.4, -0.2) is 14.8 Å². The van der Waals surface area contributed by atoms with Crippen LogP contribution in [0.4, 0.5) is 5.95 Å². The van der Waals surface area contributed by atoms with Crippen molar-refractivity contribution >= 4 is 11.6 Å². The summed E-state index contributed by atoms with van der Waals surface area (Å²) in [6.45, 7) is 4.40. The van der Waals surface area contributed by atoms with Crippen molar-refractivity contribution in [1.29, 1.82) is 0 Å². The van der Waals surface area contributed by atoms with Gasteiger partial charge in [0.05, 0.1) is 11.2 Å². The van der Waals surface area contributed by atoms with Gasteiger partial charge < -0.3 is 5.32 Å². The van der Waals surface area contributed by atoms with Gasteiger partial charge in [0, 0.05) is 5.56 Å². The van der Waals surface area contributed by atoms with Crippen LogP contribution in [0.25, 0.3) is 5.70 Å². The Kier molecular flexibility index (Phi) is 3.45. The van der Waals surface area contributed by atoms with Crippen molar-refractivity contribution in [3.63, 3.8) is 0 Å². The van der Waals surface area contributed by atoms with E-state index in [9.17, 15) is 0 Å². The van der Waals surface area contributed by atoms with Crippen LogP contribution < -0.4 is 5.32 Å². The van der Waals surface area contributed by atoms with Crippen LogP contribution >= 0.6 is 0 Å². The van der Waals surface area contributed by atoms with Crippen LogP contribution in [0.2, 0.25) is 0 Å². The number of anilines is 1. The quantitative estimate of drug-likeness (QED) is 0.784. The monoisotopic (exact) mass is 316 g/mol. The molecule has 0 saturated carbocycles. The van der Waals surface area contributed by atoms with Crippen LogP contribution in [0.5, 0.6) is 0 Å². The second-order valence-electron chi connectivity index (χ2n) is 6.08. The van der Waals surface area contributed by atoms with Gasteiger partial charge in [-0.25, -0.2) is 0 Å². The van der Waals surface area contributed by atoms with Crippen LogP contribution in [0.3, 0.4) is 0 Å². The van der Waals surface area contributed by atoms with Gasteiger partial charge in [-0.1, -0.05) is 67.6 Å². The zero-order valence-corrected chi connectivity index (χ0v) is 13.9. The highest BCUT2D eigenvalue weighted by Crippen LogP contribution is 2.43. The van der Waals surface area contributed by atoms with Crippen LogP contribution in [0.1, 0.15) is 31.4 Å². The SMILES string of the molecule is CCC1(c2ccccc2)Nc2ncnn2C(c2ccccc2)=C1C. The third kappa shape index (κ3) is 2.07. The molecule has 0 radical (unpaired) electrons. The Morgan fingerprint density at radius 2 is 1.67 bits per heavy atom. The molecule has 0 amide bonds. The van der Waals surface area contributed by atoms with E-state index in [0.717, 1.165) is 23.6 Å². The summed E-state index contributed by atoms with van der Waals surface area (Å²) in [5.74, 6) is 0.783. The van der Waals surface area contributed by atoms with E-state index in [1.54, 1.807) is 6.33 Å². The summed E-state index contributed by atoms with van der Waals surface area (Å²) in [5.41, 5.74) is 4.47. The minimum atomic E-state index is -0.282. The van der Waals surface area contributed by atoms with Crippen molar-refractivity contribution in [2.75, 3.05) is 5.32 Å². The first-order chi connectivity index (χ1) is 11.8. The van der Waals surface area contributed by atoms with Gasteiger partial charge in [-0.2, -0.15) is 14.8 Å². The summed E-state index contributed by atoms with van der Waals surface area (Å²) in [4.78, 5) is 4.44. The molecule has 2 heterocycles. The number of fused-ring (bicyclic) bond motifs is 1. The van der Waals surface area contributed by atoms with E-state index >= 15 is 0 Å². The van der Waals surface area contributed by atoms with E-state index < -0.39 is 0 Å². The Bertz CT molecular complexity index is 880. The van der Waals surface area contributed by atoms with Crippen LogP contribution in [0.15, 0.2) is 72.6 Å². The number of hydrogen-bond acceptors (Lipinski definition) is 3. The molecule has 1 atom stereocenters. The van der Waals surface area contributed by atoms with Crippen molar-refractivity contribution < 1.29 is 0 Å². The molecule has 1 aromatic heterocycles. The highest BCUT2D eigenvalue weighted by atomic mass is 15.4. The Morgan fingerprint density at radius 3 is 2.33 bits per heavy atom. The Morgan fingerprint density at radius 1 is 1.00 bits per heavy atom. The molecule has 24 heavy (non-hydrogen) atoms. The third-order valence-corrected chi connectivity index (χ3v) is 4.92. The Hall–Kier alpha value is -2.88. The zero-order valence-electron chi connectivity index (χ0n) is 13.9. The first kappa shape index (κ1) is 14.7. The third-order valence-electron chi connectivity index (χ3n) is 4.92. The Labute approximate surface area is 141 Å². The molecule has 1 aliphatic rings. The first-order valence-corrected chi connectivity index (χ1v) is 8.27. The molecule has 4 rings (SSSR count). The molecule has 1 unspecified atom stereocenters. The van der Waals surface area contributed by atoms with Crippen molar-refractivity contribution in [1.82, 2.24) is 14.8 Å². The predicted octanol–water partition coefficient (Wildman–Crippen LogP) is 4.29. The van der Waals surface area contributed by atoms with Gasteiger partial charge in [-0.05, 0) is 24.5 Å². The lowest BCUT2D eigenvalue weighted by molar-refractivity contribution is 0.531. The maximum Gasteiger partial charge on any atom is 0.226 e. The average Bonchev–Trinajstić information content (AvgIpc) is 3.10. The van der Waals surface area contributed by atoms with Gasteiger partial charge >= 0.3 is 0 Å². The second-order valence-corrected chi connectivity index (χ2v) is 6.08. The number of nitrogens with one attached hydrogen (secondary N) is 1. The fourth-order valence-electron chi connectivity index (χ4n) is 3.64. The number of aromatic nitrogens is 3. The van der Waals surface area contributed by atoms with Gasteiger partial charge in [-0.15, -0.1) is 0 Å². The fraction of sp³-hybridized carbons (Fsp3) is 0.200. The summed E-state index contributed by atoms with van der Waals surface area (Å²) in [6, 6.07) is 21.0. The molecular weight excluding hydrogens is 296 g/mol. The molecule has 4 heteroatoms. The van der Waals surface area contributed by atoms with E-state index in [1.165, 1.54) is 11.1 Å². The Balaban J connectivity index is 2.01. The molecule has 120 valence electrons. The molecular formula is C20H20N4. The van der Waals surface area contributed by atoms with E-state index in [4.69, 9.17) is 0 Å². The molecule has 1 aliphatic heterocycles. The summed E-state index contributed by atoms with van der Waals surface area (Å²) in [6.07, 6.45) is 2.53. The van der Waals surface area contributed by atoms with Crippen molar-refractivity contribution in [3.8, 4) is 0 Å². The standard InChI is InChI=1S/C20H20N4/c1-3-20(17-12-8-5-9-13-17)15(2)18(16-10-6-4-7-11-16)24-19(23-20)21-14-22-24/h4-14H,3H2,1-2H3,(H,21,22,23). The number of hydrogen-bond donors (Lipinski definition) is 1. The fourth-order valence-corrected chi connectivity index (χ4v) is 3.64. The summed E-state index contributed by atoms with van der Waals surface area (Å²) in [7, 11) is 0. The molecule has 4 nitrogen and oxygen atoms in total. The zero-order chi connectivity index (χ0) is 16.6. The second kappa shape index (κ2) is 5.64. The number of rotatable bonds is 3. The minimum Gasteiger partial charge on any atom is -0.341 e. The summed E-state index contributed by atoms with van der Waals surface area (Å²) >= 11 is 0. The van der Waals surface area contributed by atoms with Crippen molar-refractivity contribution in [2.45, 2.75) is 25.8 Å². The van der Waals surface area contributed by atoms with Gasteiger partial charge in [0.2, 0.25) is 5.95 Å². The molecule has 3 aromatic rings. The molecule has 0 fully saturated rings. The van der Waals surface area contributed by atoms with Crippen LogP contribution in [0, 0.1) is 0 Å². The highest BCUT2D eigenvalue weighted by molar-refractivity contribution is 5.76. The normalized spacial score (nSPS) is 19.8. The average molecular weight is 316 g/mol. The first-order valence-electron chi connectivity index (χ1n) is 8.27. The highest BCUT2D eigenvalue weighted by Gasteiger charge is 2.39. The van der Waals surface area contributed by atoms with Gasteiger partial charge in [-0.3, -0.25) is 0 Å². The molecule has 2 aromatic carbocycles. The number of benzene rings is 2. The molecule has 0 saturated heterocycles. The van der Waals surface area contributed by atoms with Gasteiger partial charge in [0.1, 0.15) is 6.33 Å². The lowest BCUT2D eigenvalue weighted by atomic mass is 9.78. The smallest absolute Gasteiger partial charge is 0.226 e. The molecule has 0 bridgehead atoms. The van der Waals surface area contributed by atoms with Gasteiger partial charge in [0.15, 0.2) is 0 Å². The van der Waals surface area contributed by atoms with Crippen molar-refractivity contribution in [3.05, 3.63) is 83.7 Å². The van der Waals surface area contributed by atoms with E-state index in [-0.39, 0.29) is 5.54 Å². The maximum absolute atomic E-state index is 4.44. The number of nitrogens with zero attached hydrogens (tertiary/aromatic N) is 3. The van der Waals surface area contributed by atoms with Crippen molar-refractivity contribution in [2.24, 2.45) is 0 Å². The lowest BCUT2D eigenvalue weighted by Gasteiger charge is -2.40. The summed E-state index contributed by atoms with van der Waals surface area (Å²) in [5, 5.41) is 8.08. The molecule has 0 aliphatic carbocycles. The minimum absolute atomic E-state index is 0.282. The summed E-state index contributed by atoms with van der Waals surface area (Å²) < 4.78 is 1.90. The van der Waals surface area contributed by atoms with E-state index in [0.29, 0.717) is 0 Å². The van der Waals surface area contributed by atoms with E-state index in [2.05, 4.69) is 83.8 Å². The lowest BCUT2D eigenvalue weighted by Crippen LogP contribution is -2.41. The van der Waals surface area contributed by atoms with Gasteiger partial charge in [0.25, 0.3) is 0 Å². The van der Waals surface area contributed by atoms with E-state index in [1.807, 2.05) is 10.7 Å². The molecule has 0 spiro atoms. The predicted molar refractivity (Wildman–Crippen MR) is 96.5 cm³/mol.